The van der Waals surface area contributed by atoms with Crippen LogP contribution < -0.4 is 4.72 Å². The summed E-state index contributed by atoms with van der Waals surface area (Å²) in [5.41, 5.74) is 2.34. The summed E-state index contributed by atoms with van der Waals surface area (Å²) in [6.45, 7) is 3.80. The Labute approximate surface area is 143 Å². The van der Waals surface area contributed by atoms with Crippen molar-refractivity contribution in [3.63, 3.8) is 0 Å². The molecule has 0 aliphatic carbocycles. The fourth-order valence-electron chi connectivity index (χ4n) is 2.08. The van der Waals surface area contributed by atoms with E-state index in [-0.39, 0.29) is 16.6 Å². The lowest BCUT2D eigenvalue weighted by Gasteiger charge is -2.04. The van der Waals surface area contributed by atoms with E-state index < -0.39 is 10.0 Å². The van der Waals surface area contributed by atoms with Gasteiger partial charge in [-0.25, -0.2) is 17.5 Å². The average molecular weight is 366 g/mol. The van der Waals surface area contributed by atoms with Crippen molar-refractivity contribution in [2.24, 2.45) is 0 Å². The second kappa shape index (κ2) is 6.46. The van der Waals surface area contributed by atoms with Crippen LogP contribution in [0, 0.1) is 19.7 Å². The Kier molecular flexibility index (Phi) is 4.53. The molecule has 0 aliphatic heterocycles. The predicted octanol–water partition coefficient (Wildman–Crippen LogP) is 3.64. The van der Waals surface area contributed by atoms with Crippen molar-refractivity contribution < 1.29 is 17.3 Å². The summed E-state index contributed by atoms with van der Waals surface area (Å²) >= 11 is 1.11. The topological polar surface area (TPSA) is 72.2 Å². The maximum atomic E-state index is 12.9. The Balaban J connectivity index is 1.78. The molecule has 0 fully saturated rings. The first kappa shape index (κ1) is 16.8. The number of aromatic nitrogens is 1. The molecule has 5 nitrogen and oxygen atoms in total. The number of rotatable bonds is 5. The average Bonchev–Trinajstić information content (AvgIpc) is 3.16. The fourth-order valence-corrected chi connectivity index (χ4v) is 4.49. The van der Waals surface area contributed by atoms with Crippen LogP contribution in [0.15, 0.2) is 45.1 Å². The van der Waals surface area contributed by atoms with Crippen molar-refractivity contribution in [1.82, 2.24) is 9.88 Å². The molecule has 2 aromatic heterocycles. The van der Waals surface area contributed by atoms with Crippen LogP contribution in [-0.4, -0.2) is 13.6 Å². The minimum absolute atomic E-state index is 0.0935. The number of benzene rings is 1. The molecule has 126 valence electrons. The van der Waals surface area contributed by atoms with Gasteiger partial charge in [0.25, 0.3) is 0 Å². The maximum absolute atomic E-state index is 12.9. The van der Waals surface area contributed by atoms with E-state index in [1.807, 2.05) is 13.8 Å². The number of halogens is 1. The standard InChI is InChI=1S/C16H15FN2O3S2/c1-10-11(2)19-22-16(10)14-7-8-15(23-14)24(20,21)18-9-12-3-5-13(17)6-4-12/h3-8,18H,9H2,1-2H3. The van der Waals surface area contributed by atoms with Crippen molar-refractivity contribution in [2.45, 2.75) is 24.6 Å². The van der Waals surface area contributed by atoms with E-state index in [9.17, 15) is 12.8 Å². The fraction of sp³-hybridized carbons (Fsp3) is 0.188. The molecule has 0 saturated heterocycles. The SMILES string of the molecule is Cc1noc(-c2ccc(S(=O)(=O)NCc3ccc(F)cc3)s2)c1C. The molecule has 0 atom stereocenters. The largest absolute Gasteiger partial charge is 0.355 e. The van der Waals surface area contributed by atoms with Crippen molar-refractivity contribution in [2.75, 3.05) is 0 Å². The van der Waals surface area contributed by atoms with Gasteiger partial charge < -0.3 is 4.52 Å². The molecule has 8 heteroatoms. The van der Waals surface area contributed by atoms with Crippen LogP contribution in [0.3, 0.4) is 0 Å². The van der Waals surface area contributed by atoms with E-state index in [4.69, 9.17) is 4.52 Å². The van der Waals surface area contributed by atoms with E-state index in [0.29, 0.717) is 16.2 Å². The van der Waals surface area contributed by atoms with Crippen molar-refractivity contribution in [1.29, 1.82) is 0 Å². The molecule has 1 aromatic carbocycles. The van der Waals surface area contributed by atoms with Gasteiger partial charge in [-0.05, 0) is 43.7 Å². The predicted molar refractivity (Wildman–Crippen MR) is 89.7 cm³/mol. The van der Waals surface area contributed by atoms with E-state index in [1.54, 1.807) is 18.2 Å². The van der Waals surface area contributed by atoms with Crippen LogP contribution >= 0.6 is 11.3 Å². The van der Waals surface area contributed by atoms with Crippen LogP contribution in [-0.2, 0) is 16.6 Å². The first-order valence-electron chi connectivity index (χ1n) is 7.14. The Morgan fingerprint density at radius 3 is 2.50 bits per heavy atom. The normalized spacial score (nSPS) is 11.8. The number of thiophene rings is 1. The second-order valence-electron chi connectivity index (χ2n) is 5.29. The smallest absolute Gasteiger partial charge is 0.250 e. The molecule has 0 radical (unpaired) electrons. The number of nitrogens with zero attached hydrogens (tertiary/aromatic N) is 1. The zero-order chi connectivity index (χ0) is 17.3. The molecule has 0 saturated carbocycles. The molecular formula is C16H15FN2O3S2. The lowest BCUT2D eigenvalue weighted by Crippen LogP contribution is -2.22. The minimum Gasteiger partial charge on any atom is -0.355 e. The van der Waals surface area contributed by atoms with Crippen LogP contribution in [0.4, 0.5) is 4.39 Å². The van der Waals surface area contributed by atoms with Gasteiger partial charge in [0.1, 0.15) is 10.0 Å². The summed E-state index contributed by atoms with van der Waals surface area (Å²) in [4.78, 5) is 0.704. The van der Waals surface area contributed by atoms with Gasteiger partial charge in [0.15, 0.2) is 5.76 Å². The van der Waals surface area contributed by atoms with E-state index >= 15 is 0 Å². The van der Waals surface area contributed by atoms with Gasteiger partial charge in [-0.3, -0.25) is 0 Å². The summed E-state index contributed by atoms with van der Waals surface area (Å²) in [7, 11) is -3.65. The van der Waals surface area contributed by atoms with Gasteiger partial charge in [0.2, 0.25) is 10.0 Å². The van der Waals surface area contributed by atoms with Gasteiger partial charge in [0.05, 0.1) is 10.6 Å². The van der Waals surface area contributed by atoms with E-state index in [2.05, 4.69) is 9.88 Å². The summed E-state index contributed by atoms with van der Waals surface area (Å²) in [6, 6.07) is 8.90. The maximum Gasteiger partial charge on any atom is 0.250 e. The quantitative estimate of drug-likeness (QED) is 0.748. The Hall–Kier alpha value is -2.03. The summed E-state index contributed by atoms with van der Waals surface area (Å²) in [6.07, 6.45) is 0. The van der Waals surface area contributed by atoms with Gasteiger partial charge in [-0.2, -0.15) is 0 Å². The number of aryl methyl sites for hydroxylation is 1. The molecule has 2 heterocycles. The molecule has 24 heavy (non-hydrogen) atoms. The molecule has 3 rings (SSSR count). The summed E-state index contributed by atoms with van der Waals surface area (Å²) in [5, 5.41) is 3.88. The number of nitrogens with one attached hydrogen (secondary N) is 1. The van der Waals surface area contributed by atoms with Gasteiger partial charge in [-0.1, -0.05) is 17.3 Å². The van der Waals surface area contributed by atoms with Crippen LogP contribution in [0.25, 0.3) is 10.6 Å². The zero-order valence-corrected chi connectivity index (χ0v) is 14.7. The number of sulfonamides is 1. The molecular weight excluding hydrogens is 351 g/mol. The van der Waals surface area contributed by atoms with Crippen LogP contribution in [0.1, 0.15) is 16.8 Å². The van der Waals surface area contributed by atoms with E-state index in [0.717, 1.165) is 22.6 Å². The highest BCUT2D eigenvalue weighted by molar-refractivity contribution is 7.91. The first-order chi connectivity index (χ1) is 11.4. The highest BCUT2D eigenvalue weighted by atomic mass is 32.2. The monoisotopic (exact) mass is 366 g/mol. The molecule has 0 spiro atoms. The van der Waals surface area contributed by atoms with Gasteiger partial charge >= 0.3 is 0 Å². The minimum atomic E-state index is -3.65. The third-order valence-electron chi connectivity index (χ3n) is 3.61. The molecule has 1 N–H and O–H groups in total. The molecule has 0 aliphatic rings. The highest BCUT2D eigenvalue weighted by Gasteiger charge is 2.20. The van der Waals surface area contributed by atoms with Gasteiger partial charge in [-0.15, -0.1) is 11.3 Å². The number of hydrogen-bond acceptors (Lipinski definition) is 5. The molecule has 3 aromatic rings. The highest BCUT2D eigenvalue weighted by Crippen LogP contribution is 2.33. The van der Waals surface area contributed by atoms with Crippen molar-refractivity contribution >= 4 is 21.4 Å². The molecule has 0 amide bonds. The lowest BCUT2D eigenvalue weighted by molar-refractivity contribution is 0.427. The van der Waals surface area contributed by atoms with E-state index in [1.165, 1.54) is 18.2 Å². The molecule has 0 unspecified atom stereocenters. The Morgan fingerprint density at radius 2 is 1.88 bits per heavy atom. The van der Waals surface area contributed by atoms with Crippen molar-refractivity contribution in [3.05, 3.63) is 59.0 Å². The summed E-state index contributed by atoms with van der Waals surface area (Å²) < 4.78 is 45.6. The van der Waals surface area contributed by atoms with Gasteiger partial charge in [0, 0.05) is 12.1 Å². The lowest BCUT2D eigenvalue weighted by atomic mass is 10.2. The Bertz CT molecular complexity index is 960. The summed E-state index contributed by atoms with van der Waals surface area (Å²) in [5.74, 6) is 0.222. The third-order valence-corrected chi connectivity index (χ3v) is 6.58. The zero-order valence-electron chi connectivity index (χ0n) is 13.0. The Morgan fingerprint density at radius 1 is 1.17 bits per heavy atom. The molecule has 0 bridgehead atoms. The van der Waals surface area contributed by atoms with Crippen molar-refractivity contribution in [3.8, 4) is 10.6 Å². The number of hydrogen-bond donors (Lipinski definition) is 1. The van der Waals surface area contributed by atoms with Crippen LogP contribution in [0.5, 0.6) is 0 Å². The second-order valence-corrected chi connectivity index (χ2v) is 8.37. The first-order valence-corrected chi connectivity index (χ1v) is 9.44. The van der Waals surface area contributed by atoms with Crippen LogP contribution in [0.2, 0.25) is 0 Å². The third kappa shape index (κ3) is 3.40.